The van der Waals surface area contributed by atoms with E-state index in [-0.39, 0.29) is 61.6 Å². The summed E-state index contributed by atoms with van der Waals surface area (Å²) in [6.45, 7) is 12.9. The monoisotopic (exact) mass is 1200 g/mol. The number of anilines is 2. The van der Waals surface area contributed by atoms with Gasteiger partial charge in [0.1, 0.15) is 41.8 Å². The third-order valence-corrected chi connectivity index (χ3v) is 15.9. The molecule has 0 unspecified atom stereocenters. The van der Waals surface area contributed by atoms with Crippen LogP contribution in [-0.2, 0) is 22.6 Å². The van der Waals surface area contributed by atoms with Gasteiger partial charge in [0.2, 0.25) is 11.8 Å². The molecule has 4 aliphatic rings. The Morgan fingerprint density at radius 3 is 1.93 bits per heavy atom. The van der Waals surface area contributed by atoms with Gasteiger partial charge >= 0.3 is 18.0 Å². The molecule has 18 nitrogen and oxygen atoms in total. The van der Waals surface area contributed by atoms with Gasteiger partial charge in [0.25, 0.3) is 0 Å². The third-order valence-electron chi connectivity index (χ3n) is 15.9. The van der Waals surface area contributed by atoms with Crippen LogP contribution >= 0.6 is 0 Å². The van der Waals surface area contributed by atoms with Gasteiger partial charge in [-0.1, -0.05) is 12.1 Å². The van der Waals surface area contributed by atoms with Crippen molar-refractivity contribution in [3.8, 4) is 23.6 Å². The number of esters is 1. The Labute approximate surface area is 496 Å². The van der Waals surface area contributed by atoms with Gasteiger partial charge in [-0.15, -0.1) is 0 Å². The number of aromatic amines is 1. The molecule has 2 saturated carbocycles. The van der Waals surface area contributed by atoms with Crippen LogP contribution in [0.3, 0.4) is 0 Å². The van der Waals surface area contributed by atoms with Crippen LogP contribution in [0.15, 0.2) is 67.0 Å². The number of carboxylic acid groups (broad SMARTS) is 1. The molecule has 1 atom stereocenters. The van der Waals surface area contributed by atoms with Crippen molar-refractivity contribution in [3.05, 3.63) is 106 Å². The van der Waals surface area contributed by atoms with Crippen molar-refractivity contribution >= 4 is 51.5 Å². The molecule has 2 spiro atoms. The number of H-pyrrole nitrogens is 1. The number of nitrogens with one attached hydrogen (secondary N) is 3. The van der Waals surface area contributed by atoms with Crippen LogP contribution in [0.4, 0.5) is 42.8 Å². The maximum atomic E-state index is 14.0. The fourth-order valence-electron chi connectivity index (χ4n) is 12.2. The summed E-state index contributed by atoms with van der Waals surface area (Å²) >= 11 is 0. The van der Waals surface area contributed by atoms with Crippen LogP contribution in [0.25, 0.3) is 21.8 Å². The second-order valence-corrected chi connectivity index (χ2v) is 22.9. The number of ether oxygens (including phenoxy) is 4. The van der Waals surface area contributed by atoms with E-state index in [1.165, 1.54) is 13.2 Å². The number of aromatic carboxylic acids is 1. The normalized spacial score (nSPS) is 17.8. The third kappa shape index (κ3) is 15.9. The van der Waals surface area contributed by atoms with Crippen LogP contribution < -0.4 is 20.1 Å². The lowest BCUT2D eigenvalue weighted by Crippen LogP contribution is -2.53. The Balaban J connectivity index is 0.000000218. The van der Waals surface area contributed by atoms with Crippen LogP contribution in [0.1, 0.15) is 127 Å². The van der Waals surface area contributed by atoms with E-state index in [0.717, 1.165) is 81.5 Å². The number of aromatic nitrogens is 4. The number of likely N-dealkylation sites (tertiary alicyclic amines) is 2. The zero-order valence-electron chi connectivity index (χ0n) is 50.2. The molecule has 464 valence electrons. The highest BCUT2D eigenvalue weighted by molar-refractivity contribution is 5.95. The molecule has 6 heterocycles. The number of alkyl halides is 6. The Kier molecular flexibility index (Phi) is 22.1. The van der Waals surface area contributed by atoms with E-state index < -0.39 is 40.9 Å². The van der Waals surface area contributed by atoms with E-state index in [1.807, 2.05) is 77.2 Å². The smallest absolute Gasteiger partial charge is 0.419 e. The van der Waals surface area contributed by atoms with Crippen molar-refractivity contribution in [3.63, 3.8) is 0 Å². The molecule has 4 N–H and O–H groups in total. The molecule has 0 radical (unpaired) electrons. The largest absolute Gasteiger partial charge is 0.496 e. The average molecular weight is 1200 g/mol. The Morgan fingerprint density at radius 1 is 0.756 bits per heavy atom. The number of hydrogen-bond donors (Lipinski definition) is 4. The van der Waals surface area contributed by atoms with Crippen molar-refractivity contribution in [2.45, 2.75) is 123 Å². The topological polar surface area (TPSA) is 233 Å². The number of methoxy groups -OCH3 is 3. The van der Waals surface area contributed by atoms with Crippen LogP contribution in [-0.4, -0.2) is 138 Å². The molecule has 10 rings (SSSR count). The van der Waals surface area contributed by atoms with Crippen LogP contribution in [0, 0.1) is 47.3 Å². The standard InChI is InChI=1S/C27H29F2N5O3.C24H32F2N2O3.C9H9N3O2.2CH3F/c1-16-11-22(37-2)19(17-5-8-31-23(16)17)13-34-10-6-26(14-27(28,29)15-26)12-21(34)18-3-4-20(25(35)36)33-24(18)32-9-7-30;1-16-12-19(30-5)18(13-27-10-7-23(8-11-27)14-24(25,26)15-23)17-6-9-28(20(16)17)21(29)31-22(2,3)4;1-14-9(13)7-3-2-4-8(12-7)11-6-5-10;2*1-2/h3-5,8,11,21,31H,6,9-10,12-15H2,1-2H3,(H,32,33)(H,35,36);6,9,12H,7-8,10-11,13-15H2,1-5H3;2-4H,6H2,1H3,(H,11,12);2*1H3/t21-;;;;/m1..../s1. The minimum absolute atomic E-state index is 0.0324. The van der Waals surface area contributed by atoms with Crippen molar-refractivity contribution in [1.29, 1.82) is 10.5 Å². The molecule has 2 aromatic carbocycles. The van der Waals surface area contributed by atoms with Gasteiger partial charge in [0.05, 0.1) is 53.3 Å². The SMILES string of the molecule is CF.CF.COC(=O)c1cccc(NCC#N)n1.COc1cc(C)c2[nH]ccc2c1CN1CCC2(C[C@@H]1c1ccc(C(=O)O)nc1NCC#N)CC(F)(F)C2.COc1cc(C)c2c(ccn2C(=O)OC(C)(C)C)c1CN1CCC2(CC1)CC(F)(F)C2. The molecule has 6 aromatic rings. The van der Waals surface area contributed by atoms with E-state index in [2.05, 4.69) is 40.1 Å². The van der Waals surface area contributed by atoms with Crippen LogP contribution in [0.5, 0.6) is 11.5 Å². The molecular weight excluding hydrogens is 1130 g/mol. The van der Waals surface area contributed by atoms with Crippen molar-refractivity contribution in [1.82, 2.24) is 29.3 Å². The predicted octanol–water partition coefficient (Wildman–Crippen LogP) is 13.0. The number of carbonyl (C=O) groups excluding carboxylic acids is 2. The fourth-order valence-corrected chi connectivity index (χ4v) is 12.2. The van der Waals surface area contributed by atoms with Crippen molar-refractivity contribution in [2.24, 2.45) is 10.8 Å². The number of pyridine rings is 2. The van der Waals surface area contributed by atoms with E-state index in [4.69, 9.17) is 24.7 Å². The summed E-state index contributed by atoms with van der Waals surface area (Å²) in [5.41, 5.74) is 5.36. The highest BCUT2D eigenvalue weighted by Crippen LogP contribution is 2.61. The first-order valence-electron chi connectivity index (χ1n) is 27.9. The quantitative estimate of drug-likeness (QED) is 0.0478. The molecule has 4 aromatic heterocycles. The number of fused-ring (bicyclic) bond motifs is 2. The number of aryl methyl sites for hydroxylation is 2. The zero-order valence-corrected chi connectivity index (χ0v) is 50.2. The second-order valence-electron chi connectivity index (χ2n) is 22.9. The summed E-state index contributed by atoms with van der Waals surface area (Å²) in [6.07, 6.45) is 5.73. The summed E-state index contributed by atoms with van der Waals surface area (Å²) in [4.78, 5) is 51.4. The number of hydrogen-bond acceptors (Lipinski definition) is 15. The predicted molar refractivity (Wildman–Crippen MR) is 314 cm³/mol. The molecule has 2 aliphatic carbocycles. The average Bonchev–Trinajstić information content (AvgIpc) is 0.884. The molecular formula is C62H76F6N10O8. The van der Waals surface area contributed by atoms with Gasteiger partial charge in [-0.2, -0.15) is 10.5 Å². The Hall–Kier alpha value is -8.09. The molecule has 0 amide bonds. The first-order chi connectivity index (χ1) is 40.8. The van der Waals surface area contributed by atoms with Crippen molar-refractivity contribution in [2.75, 3.05) is 79.0 Å². The maximum absolute atomic E-state index is 14.0. The summed E-state index contributed by atoms with van der Waals surface area (Å²) in [6, 6.07) is 19.5. The van der Waals surface area contributed by atoms with Crippen molar-refractivity contribution < 1.29 is 64.8 Å². The fraction of sp³-hybridized carbons (Fsp3) is 0.500. The van der Waals surface area contributed by atoms with Gasteiger partial charge < -0.3 is 39.7 Å². The lowest BCUT2D eigenvalue weighted by molar-refractivity contribution is -0.186. The first kappa shape index (κ1) is 67.0. The van der Waals surface area contributed by atoms with E-state index in [1.54, 1.807) is 49.2 Å². The van der Waals surface area contributed by atoms with E-state index in [9.17, 15) is 45.8 Å². The second kappa shape index (κ2) is 28.4. The number of carbonyl (C=O) groups is 3. The number of carboxylic acids is 1. The zero-order chi connectivity index (χ0) is 63.4. The Bertz CT molecular complexity index is 3420. The van der Waals surface area contributed by atoms with E-state index >= 15 is 0 Å². The number of piperidine rings is 2. The highest BCUT2D eigenvalue weighted by Gasteiger charge is 2.59. The first-order valence-corrected chi connectivity index (χ1v) is 27.9. The van der Waals surface area contributed by atoms with Gasteiger partial charge in [-0.05, 0) is 144 Å². The molecule has 0 bridgehead atoms. The molecule has 2 saturated heterocycles. The number of halogens is 6. The minimum atomic E-state index is -2.66. The number of rotatable bonds is 13. The summed E-state index contributed by atoms with van der Waals surface area (Å²) < 4.78 is 97.0. The van der Waals surface area contributed by atoms with Gasteiger partial charge in [0, 0.05) is 90.2 Å². The minimum Gasteiger partial charge on any atom is -0.496 e. The summed E-state index contributed by atoms with van der Waals surface area (Å²) in [5.74, 6) is -4.50. The summed E-state index contributed by atoms with van der Waals surface area (Å²) in [7, 11) is 5.57. The molecule has 24 heteroatoms. The molecule has 86 heavy (non-hydrogen) atoms. The van der Waals surface area contributed by atoms with Crippen LogP contribution in [0.2, 0.25) is 0 Å². The molecule has 2 aliphatic heterocycles. The molecule has 4 fully saturated rings. The lowest BCUT2D eigenvalue weighted by Gasteiger charge is -2.54. The van der Waals surface area contributed by atoms with E-state index in [0.29, 0.717) is 64.0 Å². The maximum Gasteiger partial charge on any atom is 0.419 e. The van der Waals surface area contributed by atoms with Gasteiger partial charge in [0.15, 0.2) is 11.4 Å². The Morgan fingerprint density at radius 2 is 1.35 bits per heavy atom. The van der Waals surface area contributed by atoms with Gasteiger partial charge in [-0.25, -0.2) is 41.9 Å². The van der Waals surface area contributed by atoms with Gasteiger partial charge in [-0.3, -0.25) is 23.1 Å². The number of nitrogens with zero attached hydrogens (tertiary/aromatic N) is 7. The number of benzene rings is 2. The summed E-state index contributed by atoms with van der Waals surface area (Å²) in [5, 5.41) is 34.6. The number of nitriles is 2. The lowest BCUT2D eigenvalue weighted by atomic mass is 9.59. The highest BCUT2D eigenvalue weighted by atomic mass is 19.3.